The largest absolute Gasteiger partial charge is 0.481 e. The van der Waals surface area contributed by atoms with Crippen LogP contribution in [0.4, 0.5) is 4.39 Å². The van der Waals surface area contributed by atoms with Gasteiger partial charge >= 0.3 is 5.97 Å². The van der Waals surface area contributed by atoms with Crippen LogP contribution in [0.3, 0.4) is 0 Å². The number of amides is 1. The summed E-state index contributed by atoms with van der Waals surface area (Å²) < 4.78 is 37.6. The summed E-state index contributed by atoms with van der Waals surface area (Å²) in [4.78, 5) is 25.8. The number of carboxylic acid groups (broad SMARTS) is 1. The first-order valence-electron chi connectivity index (χ1n) is 7.82. The van der Waals surface area contributed by atoms with E-state index in [1.54, 1.807) is 0 Å². The zero-order chi connectivity index (χ0) is 18.4. The van der Waals surface area contributed by atoms with Gasteiger partial charge in [0.15, 0.2) is 0 Å². The van der Waals surface area contributed by atoms with Gasteiger partial charge in [-0.15, -0.1) is 0 Å². The Bertz CT molecular complexity index is 810. The van der Waals surface area contributed by atoms with Crippen molar-refractivity contribution in [2.45, 2.75) is 6.42 Å². The molecule has 0 spiro atoms. The molecule has 0 aliphatic carbocycles. The van der Waals surface area contributed by atoms with Gasteiger partial charge in [-0.05, 0) is 17.7 Å². The van der Waals surface area contributed by atoms with Crippen LogP contribution < -0.4 is 0 Å². The number of fused-ring (bicyclic) bond motifs is 1. The van der Waals surface area contributed by atoms with E-state index >= 15 is 0 Å². The molecule has 1 aromatic carbocycles. The molecule has 2 unspecified atom stereocenters. The number of carbonyl (C=O) groups is 2. The maximum atomic E-state index is 12.9. The molecular weight excluding hydrogens is 351 g/mol. The molecule has 25 heavy (non-hydrogen) atoms. The summed E-state index contributed by atoms with van der Waals surface area (Å²) in [6, 6.07) is 5.57. The maximum absolute atomic E-state index is 12.9. The van der Waals surface area contributed by atoms with Crippen molar-refractivity contribution in [2.24, 2.45) is 11.3 Å². The summed E-state index contributed by atoms with van der Waals surface area (Å²) in [7, 11) is -3.48. The van der Waals surface area contributed by atoms with E-state index in [0.29, 0.717) is 5.56 Å². The molecule has 2 aliphatic rings. The first-order valence-corrected chi connectivity index (χ1v) is 9.67. The van der Waals surface area contributed by atoms with E-state index in [0.717, 1.165) is 6.26 Å². The van der Waals surface area contributed by atoms with Crippen molar-refractivity contribution < 1.29 is 27.5 Å². The minimum absolute atomic E-state index is 0.0148. The second-order valence-corrected chi connectivity index (χ2v) is 8.77. The quantitative estimate of drug-likeness (QED) is 0.815. The Labute approximate surface area is 145 Å². The predicted molar refractivity (Wildman–Crippen MR) is 86.7 cm³/mol. The van der Waals surface area contributed by atoms with Gasteiger partial charge in [0.1, 0.15) is 11.2 Å². The molecule has 0 saturated carbocycles. The third kappa shape index (κ3) is 3.25. The molecule has 3 rings (SSSR count). The number of rotatable bonds is 4. The van der Waals surface area contributed by atoms with Crippen LogP contribution in [-0.4, -0.2) is 67.0 Å². The summed E-state index contributed by atoms with van der Waals surface area (Å²) in [5.41, 5.74) is -0.618. The van der Waals surface area contributed by atoms with Crippen molar-refractivity contribution in [3.05, 3.63) is 35.6 Å². The molecule has 136 valence electrons. The third-order valence-electron chi connectivity index (χ3n) is 5.09. The molecule has 9 heteroatoms. The topological polar surface area (TPSA) is 95.0 Å². The molecule has 0 radical (unpaired) electrons. The fraction of sp³-hybridized carbons (Fsp3) is 0.500. The Balaban J connectivity index is 1.74. The normalized spacial score (nSPS) is 26.6. The van der Waals surface area contributed by atoms with Crippen LogP contribution >= 0.6 is 0 Å². The van der Waals surface area contributed by atoms with Crippen molar-refractivity contribution in [1.82, 2.24) is 9.21 Å². The molecule has 7 nitrogen and oxygen atoms in total. The second kappa shape index (κ2) is 6.06. The van der Waals surface area contributed by atoms with E-state index in [-0.39, 0.29) is 38.5 Å². The lowest BCUT2D eigenvalue weighted by atomic mass is 9.81. The van der Waals surface area contributed by atoms with Crippen molar-refractivity contribution in [2.75, 3.05) is 32.4 Å². The van der Waals surface area contributed by atoms with Crippen molar-refractivity contribution in [3.8, 4) is 0 Å². The summed E-state index contributed by atoms with van der Waals surface area (Å²) in [5.74, 6) is -2.15. The number of halogens is 1. The van der Waals surface area contributed by atoms with Gasteiger partial charge in [0.2, 0.25) is 15.9 Å². The zero-order valence-electron chi connectivity index (χ0n) is 13.7. The average Bonchev–Trinajstić information content (AvgIpc) is 3.04. The van der Waals surface area contributed by atoms with Crippen molar-refractivity contribution in [3.63, 3.8) is 0 Å². The Morgan fingerprint density at radius 1 is 1.24 bits per heavy atom. The van der Waals surface area contributed by atoms with Crippen LogP contribution in [0.15, 0.2) is 24.3 Å². The summed E-state index contributed by atoms with van der Waals surface area (Å²) >= 11 is 0. The van der Waals surface area contributed by atoms with Gasteiger partial charge in [0.25, 0.3) is 0 Å². The highest BCUT2D eigenvalue weighted by molar-refractivity contribution is 7.88. The molecule has 0 aromatic heterocycles. The van der Waals surface area contributed by atoms with E-state index in [1.165, 1.54) is 33.5 Å². The molecule has 2 fully saturated rings. The molecule has 2 aliphatic heterocycles. The van der Waals surface area contributed by atoms with Gasteiger partial charge < -0.3 is 10.0 Å². The van der Waals surface area contributed by atoms with Crippen LogP contribution in [0.1, 0.15) is 5.56 Å². The van der Waals surface area contributed by atoms with Gasteiger partial charge in [0.05, 0.1) is 12.7 Å². The number of aliphatic carboxylic acids is 1. The van der Waals surface area contributed by atoms with Crippen LogP contribution in [0, 0.1) is 17.2 Å². The van der Waals surface area contributed by atoms with Gasteiger partial charge in [0, 0.05) is 32.1 Å². The highest BCUT2D eigenvalue weighted by atomic mass is 32.2. The monoisotopic (exact) mass is 370 g/mol. The highest BCUT2D eigenvalue weighted by Gasteiger charge is 2.59. The molecular formula is C16H19FN2O5S. The van der Waals surface area contributed by atoms with E-state index in [2.05, 4.69) is 0 Å². The van der Waals surface area contributed by atoms with Gasteiger partial charge in [-0.2, -0.15) is 0 Å². The molecule has 1 N–H and O–H groups in total. The Kier molecular flexibility index (Phi) is 4.32. The Hall–Kier alpha value is -2.00. The minimum atomic E-state index is -3.48. The Morgan fingerprint density at radius 3 is 2.40 bits per heavy atom. The lowest BCUT2D eigenvalue weighted by Crippen LogP contribution is -2.43. The maximum Gasteiger partial charge on any atom is 0.313 e. The lowest BCUT2D eigenvalue weighted by Gasteiger charge is -2.24. The number of likely N-dealkylation sites (tertiary alicyclic amines) is 1. The number of benzene rings is 1. The van der Waals surface area contributed by atoms with Crippen molar-refractivity contribution in [1.29, 1.82) is 0 Å². The summed E-state index contributed by atoms with van der Waals surface area (Å²) in [5, 5.41) is 9.68. The Morgan fingerprint density at radius 2 is 1.88 bits per heavy atom. The molecule has 1 aromatic rings. The standard InChI is InChI=1S/C16H19FN2O5S/c1-25(23,24)19-8-12-7-18(9-16(12,10-19)15(21)22)14(20)6-11-2-4-13(17)5-3-11/h2-5,12H,6-10H2,1H3,(H,21,22). The zero-order valence-corrected chi connectivity index (χ0v) is 14.5. The number of carboxylic acids is 1. The first kappa shape index (κ1) is 17.8. The van der Waals surface area contributed by atoms with E-state index in [4.69, 9.17) is 0 Å². The van der Waals surface area contributed by atoms with Crippen LogP contribution in [0.2, 0.25) is 0 Å². The smallest absolute Gasteiger partial charge is 0.313 e. The second-order valence-electron chi connectivity index (χ2n) is 6.79. The fourth-order valence-electron chi connectivity index (χ4n) is 3.65. The van der Waals surface area contributed by atoms with E-state index in [1.807, 2.05) is 0 Å². The van der Waals surface area contributed by atoms with Gasteiger partial charge in [-0.25, -0.2) is 17.1 Å². The van der Waals surface area contributed by atoms with E-state index in [9.17, 15) is 27.5 Å². The molecule has 2 atom stereocenters. The number of hydrogen-bond acceptors (Lipinski definition) is 4. The first-order chi connectivity index (χ1) is 11.6. The predicted octanol–water partition coefficient (Wildman–Crippen LogP) is 0.173. The lowest BCUT2D eigenvalue weighted by molar-refractivity contribution is -0.148. The van der Waals surface area contributed by atoms with Gasteiger partial charge in [-0.1, -0.05) is 12.1 Å². The molecule has 2 saturated heterocycles. The van der Waals surface area contributed by atoms with Crippen LogP contribution in [-0.2, 0) is 26.0 Å². The summed E-state index contributed by atoms with van der Waals surface area (Å²) in [6.45, 7) is 0.176. The molecule has 0 bridgehead atoms. The van der Waals surface area contributed by atoms with Gasteiger partial charge in [-0.3, -0.25) is 9.59 Å². The third-order valence-corrected chi connectivity index (χ3v) is 6.31. The number of hydrogen-bond donors (Lipinski definition) is 1. The average molecular weight is 370 g/mol. The molecule has 1 amide bonds. The van der Waals surface area contributed by atoms with Crippen LogP contribution in [0.5, 0.6) is 0 Å². The number of nitrogens with zero attached hydrogens (tertiary/aromatic N) is 2. The minimum Gasteiger partial charge on any atom is -0.481 e. The number of sulfonamides is 1. The molecule has 2 heterocycles. The number of carbonyl (C=O) groups excluding carboxylic acids is 1. The van der Waals surface area contributed by atoms with Crippen LogP contribution in [0.25, 0.3) is 0 Å². The summed E-state index contributed by atoms with van der Waals surface area (Å²) in [6.07, 6.45) is 1.11. The SMILES string of the molecule is CS(=O)(=O)N1CC2CN(C(=O)Cc3ccc(F)cc3)CC2(C(=O)O)C1. The fourth-order valence-corrected chi connectivity index (χ4v) is 4.57. The van der Waals surface area contributed by atoms with Crippen molar-refractivity contribution >= 4 is 21.9 Å². The highest BCUT2D eigenvalue weighted by Crippen LogP contribution is 2.43. The van der Waals surface area contributed by atoms with E-state index < -0.39 is 33.1 Å².